The Morgan fingerprint density at radius 3 is 2.80 bits per heavy atom. The maximum absolute atomic E-state index is 13.2. The normalized spacial score (nSPS) is 25.5. The number of nitrogens with zero attached hydrogens (tertiary/aromatic N) is 3. The summed E-state index contributed by atoms with van der Waals surface area (Å²) in [6.45, 7) is 7.54. The Hall–Kier alpha value is -1.66. The molecular formula is C18H25ClN4O2. The molecule has 7 heteroatoms. The summed E-state index contributed by atoms with van der Waals surface area (Å²) >= 11 is 0. The molecule has 1 saturated heterocycles. The molecule has 25 heavy (non-hydrogen) atoms. The number of rotatable bonds is 2. The molecular weight excluding hydrogens is 340 g/mol. The number of pyridine rings is 1. The molecule has 0 aromatic carbocycles. The highest BCUT2D eigenvalue weighted by Gasteiger charge is 2.43. The first-order valence-electron chi connectivity index (χ1n) is 8.77. The van der Waals surface area contributed by atoms with Crippen LogP contribution in [0.3, 0.4) is 0 Å². The number of aryl methyl sites for hydroxylation is 1. The Kier molecular flexibility index (Phi) is 4.77. The molecule has 3 atom stereocenters. The van der Waals surface area contributed by atoms with Gasteiger partial charge in [0.2, 0.25) is 0 Å². The standard InChI is InChI=1S/C18H24N4O2.ClH/c1-9(2)15-6-12(16-10(3)21-24-17(16)20-15)18(23)22-7-11-4-5-14(19)13(11)8-22;/h6,9,11,13-14H,4-5,7-8,19H2,1-3H3;1H. The second-order valence-corrected chi connectivity index (χ2v) is 7.57. The van der Waals surface area contributed by atoms with Crippen LogP contribution < -0.4 is 5.73 Å². The molecule has 1 aliphatic carbocycles. The first kappa shape index (κ1) is 18.1. The maximum Gasteiger partial charge on any atom is 0.259 e. The number of aromatic nitrogens is 2. The molecule has 3 unspecified atom stereocenters. The summed E-state index contributed by atoms with van der Waals surface area (Å²) in [6.07, 6.45) is 2.21. The van der Waals surface area contributed by atoms with E-state index in [9.17, 15) is 4.79 Å². The largest absolute Gasteiger partial charge is 0.338 e. The average Bonchev–Trinajstić information content (AvgIpc) is 3.23. The zero-order valence-electron chi connectivity index (χ0n) is 14.9. The molecule has 0 spiro atoms. The number of nitrogens with two attached hydrogens (primary N) is 1. The first-order chi connectivity index (χ1) is 11.5. The van der Waals surface area contributed by atoms with Crippen LogP contribution in [0.2, 0.25) is 0 Å². The number of carbonyl (C=O) groups is 1. The van der Waals surface area contributed by atoms with E-state index in [-0.39, 0.29) is 30.3 Å². The van der Waals surface area contributed by atoms with Crippen molar-refractivity contribution in [3.05, 3.63) is 23.0 Å². The zero-order chi connectivity index (χ0) is 17.0. The summed E-state index contributed by atoms with van der Waals surface area (Å²) in [7, 11) is 0. The molecule has 1 aliphatic heterocycles. The average molecular weight is 365 g/mol. The molecule has 2 aromatic heterocycles. The second kappa shape index (κ2) is 6.57. The lowest BCUT2D eigenvalue weighted by molar-refractivity contribution is 0.0781. The van der Waals surface area contributed by atoms with Crippen LogP contribution in [0.25, 0.3) is 11.1 Å². The Bertz CT molecular complexity index is 804. The highest BCUT2D eigenvalue weighted by atomic mass is 35.5. The van der Waals surface area contributed by atoms with Gasteiger partial charge in [-0.3, -0.25) is 4.79 Å². The highest BCUT2D eigenvalue weighted by Crippen LogP contribution is 2.38. The van der Waals surface area contributed by atoms with E-state index in [0.29, 0.717) is 28.8 Å². The summed E-state index contributed by atoms with van der Waals surface area (Å²) in [5.74, 6) is 1.27. The van der Waals surface area contributed by atoms with E-state index in [1.165, 1.54) is 0 Å². The van der Waals surface area contributed by atoms with Crippen LogP contribution in [0, 0.1) is 18.8 Å². The van der Waals surface area contributed by atoms with Crippen LogP contribution in [0.4, 0.5) is 0 Å². The molecule has 2 fully saturated rings. The van der Waals surface area contributed by atoms with Crippen molar-refractivity contribution in [2.45, 2.75) is 45.6 Å². The van der Waals surface area contributed by atoms with Gasteiger partial charge in [0.15, 0.2) is 0 Å². The van der Waals surface area contributed by atoms with E-state index in [1.54, 1.807) is 0 Å². The SMILES string of the molecule is Cc1noc2nc(C(C)C)cc(C(=O)N3CC4CCC(N)C4C3)c12.Cl. The molecule has 2 N–H and O–H groups in total. The summed E-state index contributed by atoms with van der Waals surface area (Å²) in [4.78, 5) is 19.7. The number of amides is 1. The van der Waals surface area contributed by atoms with E-state index in [2.05, 4.69) is 24.0 Å². The van der Waals surface area contributed by atoms with Crippen molar-refractivity contribution in [1.82, 2.24) is 15.0 Å². The van der Waals surface area contributed by atoms with Crippen molar-refractivity contribution in [3.63, 3.8) is 0 Å². The minimum absolute atomic E-state index is 0. The van der Waals surface area contributed by atoms with Gasteiger partial charge in [-0.15, -0.1) is 12.4 Å². The Labute approximate surface area is 153 Å². The van der Waals surface area contributed by atoms with Gasteiger partial charge in [-0.25, -0.2) is 4.98 Å². The van der Waals surface area contributed by atoms with Gasteiger partial charge in [-0.2, -0.15) is 0 Å². The van der Waals surface area contributed by atoms with E-state index < -0.39 is 0 Å². The van der Waals surface area contributed by atoms with Crippen LogP contribution in [-0.2, 0) is 0 Å². The predicted molar refractivity (Wildman–Crippen MR) is 98.0 cm³/mol. The van der Waals surface area contributed by atoms with Crippen LogP contribution in [0.1, 0.15) is 54.4 Å². The Morgan fingerprint density at radius 1 is 1.36 bits per heavy atom. The second-order valence-electron chi connectivity index (χ2n) is 7.57. The van der Waals surface area contributed by atoms with Gasteiger partial charge in [-0.05, 0) is 43.6 Å². The monoisotopic (exact) mass is 364 g/mol. The molecule has 1 amide bonds. The lowest BCUT2D eigenvalue weighted by Crippen LogP contribution is -2.33. The maximum atomic E-state index is 13.2. The van der Waals surface area contributed by atoms with Crippen molar-refractivity contribution in [1.29, 1.82) is 0 Å². The summed E-state index contributed by atoms with van der Waals surface area (Å²) in [6, 6.07) is 2.14. The Balaban J connectivity index is 0.00000182. The molecule has 3 heterocycles. The third-order valence-corrected chi connectivity index (χ3v) is 5.66. The first-order valence-corrected chi connectivity index (χ1v) is 8.77. The fourth-order valence-corrected chi connectivity index (χ4v) is 4.22. The van der Waals surface area contributed by atoms with E-state index in [0.717, 1.165) is 37.0 Å². The number of likely N-dealkylation sites (tertiary alicyclic amines) is 1. The van der Waals surface area contributed by atoms with Crippen LogP contribution in [0.15, 0.2) is 10.6 Å². The third-order valence-electron chi connectivity index (χ3n) is 5.66. The van der Waals surface area contributed by atoms with Gasteiger partial charge in [0.1, 0.15) is 0 Å². The van der Waals surface area contributed by atoms with Gasteiger partial charge in [0.25, 0.3) is 11.6 Å². The summed E-state index contributed by atoms with van der Waals surface area (Å²) in [5, 5.41) is 4.75. The molecule has 0 bridgehead atoms. The van der Waals surface area contributed by atoms with Crippen LogP contribution in [0.5, 0.6) is 0 Å². The van der Waals surface area contributed by atoms with Gasteiger partial charge in [-0.1, -0.05) is 19.0 Å². The highest BCUT2D eigenvalue weighted by molar-refractivity contribution is 6.06. The van der Waals surface area contributed by atoms with Gasteiger partial charge < -0.3 is 15.2 Å². The van der Waals surface area contributed by atoms with Gasteiger partial charge >= 0.3 is 0 Å². The smallest absolute Gasteiger partial charge is 0.259 e. The number of carbonyl (C=O) groups excluding carboxylic acids is 1. The minimum Gasteiger partial charge on any atom is -0.338 e. The van der Waals surface area contributed by atoms with E-state index in [4.69, 9.17) is 10.3 Å². The Morgan fingerprint density at radius 2 is 2.12 bits per heavy atom. The lowest BCUT2D eigenvalue weighted by atomic mass is 9.98. The van der Waals surface area contributed by atoms with Crippen molar-refractivity contribution in [2.24, 2.45) is 17.6 Å². The number of hydrogen-bond donors (Lipinski definition) is 1. The quantitative estimate of drug-likeness (QED) is 0.885. The molecule has 2 aromatic rings. The van der Waals surface area contributed by atoms with Crippen molar-refractivity contribution in [2.75, 3.05) is 13.1 Å². The molecule has 2 aliphatic rings. The van der Waals surface area contributed by atoms with Crippen LogP contribution >= 0.6 is 12.4 Å². The molecule has 4 rings (SSSR count). The molecule has 136 valence electrons. The van der Waals surface area contributed by atoms with E-state index >= 15 is 0 Å². The van der Waals surface area contributed by atoms with Crippen LogP contribution in [-0.4, -0.2) is 40.1 Å². The van der Waals surface area contributed by atoms with E-state index in [1.807, 2.05) is 17.9 Å². The minimum atomic E-state index is 0. The van der Waals surface area contributed by atoms with Crippen molar-refractivity contribution >= 4 is 29.4 Å². The number of hydrogen-bond acceptors (Lipinski definition) is 5. The van der Waals surface area contributed by atoms with Gasteiger partial charge in [0, 0.05) is 24.8 Å². The van der Waals surface area contributed by atoms with Gasteiger partial charge in [0.05, 0.1) is 16.6 Å². The summed E-state index contributed by atoms with van der Waals surface area (Å²) in [5.41, 5.74) is 8.90. The fraction of sp³-hybridized carbons (Fsp3) is 0.611. The lowest BCUT2D eigenvalue weighted by Gasteiger charge is -2.19. The molecule has 0 radical (unpaired) electrons. The topological polar surface area (TPSA) is 85.2 Å². The predicted octanol–water partition coefficient (Wildman–Crippen LogP) is 2.89. The zero-order valence-corrected chi connectivity index (χ0v) is 15.7. The number of fused-ring (bicyclic) bond motifs is 2. The summed E-state index contributed by atoms with van der Waals surface area (Å²) < 4.78 is 5.33. The van der Waals surface area contributed by atoms with Crippen molar-refractivity contribution in [3.8, 4) is 0 Å². The molecule has 1 saturated carbocycles. The third kappa shape index (κ3) is 2.91. The number of halogens is 1. The molecule has 6 nitrogen and oxygen atoms in total. The van der Waals surface area contributed by atoms with Crippen molar-refractivity contribution < 1.29 is 9.32 Å². The fourth-order valence-electron chi connectivity index (χ4n) is 4.22.